The minimum absolute atomic E-state index is 0.0225. The predicted octanol–water partition coefficient (Wildman–Crippen LogP) is 2.84. The van der Waals surface area contributed by atoms with Crippen molar-refractivity contribution >= 4 is 17.6 Å². The van der Waals surface area contributed by atoms with Crippen molar-refractivity contribution in [2.75, 3.05) is 18.0 Å². The molecule has 0 radical (unpaired) electrons. The van der Waals surface area contributed by atoms with Gasteiger partial charge in [0, 0.05) is 49.9 Å². The molecule has 1 aromatic heterocycles. The highest BCUT2D eigenvalue weighted by Crippen LogP contribution is 2.16. The Kier molecular flexibility index (Phi) is 6.16. The Bertz CT molecular complexity index is 807. The third-order valence-corrected chi connectivity index (χ3v) is 4.89. The quantitative estimate of drug-likeness (QED) is 0.796. The summed E-state index contributed by atoms with van der Waals surface area (Å²) < 4.78 is 0. The number of ketones is 1. The molecule has 0 bridgehead atoms. The number of nitrogens with zero attached hydrogens (tertiary/aromatic N) is 3. The minimum Gasteiger partial charge on any atom is -0.352 e. The Hall–Kier alpha value is -2.76. The maximum Gasteiger partial charge on any atom is 0.225 e. The van der Waals surface area contributed by atoms with Crippen LogP contribution in [0.15, 0.2) is 36.7 Å². The van der Waals surface area contributed by atoms with Gasteiger partial charge >= 0.3 is 0 Å². The smallest absolute Gasteiger partial charge is 0.225 e. The van der Waals surface area contributed by atoms with E-state index in [1.165, 1.54) is 0 Å². The van der Waals surface area contributed by atoms with E-state index in [0.717, 1.165) is 30.5 Å². The van der Waals surface area contributed by atoms with Crippen LogP contribution in [0.3, 0.4) is 0 Å². The van der Waals surface area contributed by atoms with E-state index in [2.05, 4.69) is 20.2 Å². The van der Waals surface area contributed by atoms with Crippen LogP contribution in [0.5, 0.6) is 0 Å². The number of anilines is 1. The van der Waals surface area contributed by atoms with Crippen LogP contribution in [-0.2, 0) is 4.79 Å². The predicted molar refractivity (Wildman–Crippen MR) is 105 cm³/mol. The average Bonchev–Trinajstić information content (AvgIpc) is 2.69. The van der Waals surface area contributed by atoms with Gasteiger partial charge < -0.3 is 10.2 Å². The van der Waals surface area contributed by atoms with Crippen LogP contribution in [0.2, 0.25) is 0 Å². The molecule has 1 fully saturated rings. The van der Waals surface area contributed by atoms with E-state index in [4.69, 9.17) is 0 Å². The first-order valence-electron chi connectivity index (χ1n) is 9.44. The van der Waals surface area contributed by atoms with Gasteiger partial charge in [0.2, 0.25) is 11.9 Å². The number of piperidine rings is 1. The molecule has 1 amide bonds. The Morgan fingerprint density at radius 1 is 1.19 bits per heavy atom. The molecule has 1 aromatic carbocycles. The molecule has 142 valence electrons. The lowest BCUT2D eigenvalue weighted by Crippen LogP contribution is -2.48. The molecule has 2 heterocycles. The van der Waals surface area contributed by atoms with Crippen molar-refractivity contribution < 1.29 is 9.59 Å². The highest BCUT2D eigenvalue weighted by atomic mass is 16.2. The second kappa shape index (κ2) is 8.75. The number of hydrogen-bond acceptors (Lipinski definition) is 5. The standard InChI is InChI=1S/C21H26N4O2/c1-15-6-7-16(2)18(13-15)19(26)8-9-20(27)24-17-5-3-12-25(14-17)21-22-10-4-11-23-21/h4,6-7,10-11,13,17H,3,5,8-9,12,14H2,1-2H3,(H,24,27)/t17-/m0/s1. The molecule has 1 aliphatic rings. The Labute approximate surface area is 160 Å². The van der Waals surface area contributed by atoms with Gasteiger partial charge in [0.15, 0.2) is 5.78 Å². The number of Topliss-reactive ketones (excluding diaryl/α,β-unsaturated/α-hetero) is 1. The second-order valence-corrected chi connectivity index (χ2v) is 7.14. The van der Waals surface area contributed by atoms with Crippen LogP contribution in [-0.4, -0.2) is 40.8 Å². The van der Waals surface area contributed by atoms with Gasteiger partial charge in [0.1, 0.15) is 0 Å². The molecule has 1 saturated heterocycles. The van der Waals surface area contributed by atoms with Crippen molar-refractivity contribution in [1.29, 1.82) is 0 Å². The van der Waals surface area contributed by atoms with Crippen molar-refractivity contribution in [3.63, 3.8) is 0 Å². The molecular formula is C21H26N4O2. The number of nitrogens with one attached hydrogen (secondary N) is 1. The Morgan fingerprint density at radius 2 is 1.96 bits per heavy atom. The number of aryl methyl sites for hydroxylation is 2. The summed E-state index contributed by atoms with van der Waals surface area (Å²) in [5.41, 5.74) is 2.73. The fraction of sp³-hybridized carbons (Fsp3) is 0.429. The third-order valence-electron chi connectivity index (χ3n) is 4.89. The molecule has 27 heavy (non-hydrogen) atoms. The van der Waals surface area contributed by atoms with Crippen LogP contribution < -0.4 is 10.2 Å². The molecule has 6 nitrogen and oxygen atoms in total. The van der Waals surface area contributed by atoms with Gasteiger partial charge in [-0.25, -0.2) is 9.97 Å². The molecule has 0 saturated carbocycles. The van der Waals surface area contributed by atoms with E-state index in [1.54, 1.807) is 18.5 Å². The summed E-state index contributed by atoms with van der Waals surface area (Å²) in [5, 5.41) is 3.06. The Morgan fingerprint density at radius 3 is 2.74 bits per heavy atom. The molecule has 0 spiro atoms. The molecule has 1 aliphatic heterocycles. The summed E-state index contributed by atoms with van der Waals surface area (Å²) >= 11 is 0. The summed E-state index contributed by atoms with van der Waals surface area (Å²) in [6.45, 7) is 5.48. The fourth-order valence-electron chi connectivity index (χ4n) is 3.43. The lowest BCUT2D eigenvalue weighted by Gasteiger charge is -2.33. The Balaban J connectivity index is 1.50. The normalized spacial score (nSPS) is 16.8. The fourth-order valence-corrected chi connectivity index (χ4v) is 3.43. The molecular weight excluding hydrogens is 340 g/mol. The monoisotopic (exact) mass is 366 g/mol. The summed E-state index contributed by atoms with van der Waals surface area (Å²) in [6, 6.07) is 7.69. The number of carbonyl (C=O) groups excluding carboxylic acids is 2. The van der Waals surface area contributed by atoms with Crippen molar-refractivity contribution in [1.82, 2.24) is 15.3 Å². The molecule has 2 aromatic rings. The van der Waals surface area contributed by atoms with E-state index in [1.807, 2.05) is 32.0 Å². The molecule has 6 heteroatoms. The van der Waals surface area contributed by atoms with Gasteiger partial charge in [-0.05, 0) is 44.4 Å². The van der Waals surface area contributed by atoms with Crippen molar-refractivity contribution in [2.45, 2.75) is 45.6 Å². The van der Waals surface area contributed by atoms with E-state index < -0.39 is 0 Å². The van der Waals surface area contributed by atoms with Gasteiger partial charge in [-0.15, -0.1) is 0 Å². The number of rotatable bonds is 6. The molecule has 1 N–H and O–H groups in total. The third kappa shape index (κ3) is 5.12. The first-order chi connectivity index (χ1) is 13.0. The number of hydrogen-bond donors (Lipinski definition) is 1. The van der Waals surface area contributed by atoms with E-state index in [9.17, 15) is 9.59 Å². The molecule has 0 unspecified atom stereocenters. The second-order valence-electron chi connectivity index (χ2n) is 7.14. The first-order valence-corrected chi connectivity index (χ1v) is 9.44. The van der Waals surface area contributed by atoms with Crippen LogP contribution in [0.4, 0.5) is 5.95 Å². The topological polar surface area (TPSA) is 75.2 Å². The zero-order chi connectivity index (χ0) is 19.2. The number of carbonyl (C=O) groups is 2. The number of aromatic nitrogens is 2. The SMILES string of the molecule is Cc1ccc(C)c(C(=O)CCC(=O)N[C@H]2CCCN(c3ncccn3)C2)c1. The summed E-state index contributed by atoms with van der Waals surface area (Å²) in [4.78, 5) is 35.4. The van der Waals surface area contributed by atoms with Gasteiger partial charge in [-0.1, -0.05) is 17.7 Å². The number of benzene rings is 1. The van der Waals surface area contributed by atoms with Crippen molar-refractivity contribution in [3.05, 3.63) is 53.3 Å². The maximum atomic E-state index is 12.4. The van der Waals surface area contributed by atoms with Crippen LogP contribution >= 0.6 is 0 Å². The molecule has 1 atom stereocenters. The van der Waals surface area contributed by atoms with Crippen LogP contribution in [0.1, 0.15) is 47.2 Å². The summed E-state index contributed by atoms with van der Waals surface area (Å²) in [5.74, 6) is 0.644. The van der Waals surface area contributed by atoms with Gasteiger partial charge in [0.25, 0.3) is 0 Å². The zero-order valence-electron chi connectivity index (χ0n) is 15.9. The highest BCUT2D eigenvalue weighted by Gasteiger charge is 2.23. The largest absolute Gasteiger partial charge is 0.352 e. The summed E-state index contributed by atoms with van der Waals surface area (Å²) in [6.07, 6.45) is 5.80. The molecule has 3 rings (SSSR count). The van der Waals surface area contributed by atoms with E-state index in [-0.39, 0.29) is 30.6 Å². The first kappa shape index (κ1) is 19.0. The van der Waals surface area contributed by atoms with Gasteiger partial charge in [-0.2, -0.15) is 0 Å². The van der Waals surface area contributed by atoms with Crippen LogP contribution in [0, 0.1) is 13.8 Å². The zero-order valence-corrected chi connectivity index (χ0v) is 15.9. The maximum absolute atomic E-state index is 12.4. The minimum atomic E-state index is -0.0745. The lowest BCUT2D eigenvalue weighted by molar-refractivity contribution is -0.121. The van der Waals surface area contributed by atoms with E-state index >= 15 is 0 Å². The van der Waals surface area contributed by atoms with Crippen molar-refractivity contribution in [2.24, 2.45) is 0 Å². The van der Waals surface area contributed by atoms with Gasteiger partial charge in [-0.3, -0.25) is 9.59 Å². The van der Waals surface area contributed by atoms with Gasteiger partial charge in [0.05, 0.1) is 0 Å². The molecule has 0 aliphatic carbocycles. The van der Waals surface area contributed by atoms with Crippen LogP contribution in [0.25, 0.3) is 0 Å². The summed E-state index contributed by atoms with van der Waals surface area (Å²) in [7, 11) is 0. The number of amides is 1. The lowest BCUT2D eigenvalue weighted by atomic mass is 9.99. The highest BCUT2D eigenvalue weighted by molar-refractivity contribution is 5.99. The van der Waals surface area contributed by atoms with E-state index in [0.29, 0.717) is 18.1 Å². The average molecular weight is 366 g/mol. The van der Waals surface area contributed by atoms with Crippen molar-refractivity contribution in [3.8, 4) is 0 Å².